The summed E-state index contributed by atoms with van der Waals surface area (Å²) in [6, 6.07) is 11.7. The third kappa shape index (κ3) is 2.84. The highest BCUT2D eigenvalue weighted by Gasteiger charge is 2.69. The summed E-state index contributed by atoms with van der Waals surface area (Å²) in [5.74, 6) is -0.843. The largest absolute Gasteiger partial charge is 0.383 e. The summed E-state index contributed by atoms with van der Waals surface area (Å²) >= 11 is 5.83. The molecule has 0 aromatic heterocycles. The first-order valence-electron chi connectivity index (χ1n) is 7.33. The van der Waals surface area contributed by atoms with E-state index in [2.05, 4.69) is 0 Å². The molecule has 3 atom stereocenters. The molecule has 0 saturated heterocycles. The van der Waals surface area contributed by atoms with Crippen molar-refractivity contribution in [2.45, 2.75) is 21.6 Å². The van der Waals surface area contributed by atoms with Crippen LogP contribution in [-0.2, 0) is 14.6 Å². The predicted octanol–water partition coefficient (Wildman–Crippen LogP) is 2.76. The van der Waals surface area contributed by atoms with Crippen LogP contribution in [-0.4, -0.2) is 32.9 Å². The fourth-order valence-corrected chi connectivity index (χ4v) is 5.66. The number of rotatable bonds is 5. The summed E-state index contributed by atoms with van der Waals surface area (Å²) in [6.45, 7) is 0.0898. The van der Waals surface area contributed by atoms with E-state index in [1.807, 2.05) is 0 Å². The van der Waals surface area contributed by atoms with Gasteiger partial charge in [-0.25, -0.2) is 12.8 Å². The predicted molar refractivity (Wildman–Crippen MR) is 90.4 cm³/mol. The molecule has 0 unspecified atom stereocenters. The maximum atomic E-state index is 13.2. The maximum absolute atomic E-state index is 13.2. The molecule has 4 nitrogen and oxygen atoms in total. The Labute approximate surface area is 145 Å². The van der Waals surface area contributed by atoms with Crippen LogP contribution in [0.5, 0.6) is 0 Å². The van der Waals surface area contributed by atoms with Crippen LogP contribution >= 0.6 is 11.6 Å². The van der Waals surface area contributed by atoms with Crippen LogP contribution < -0.4 is 5.73 Å². The van der Waals surface area contributed by atoms with Gasteiger partial charge in [0.25, 0.3) is 0 Å². The second-order valence-electron chi connectivity index (χ2n) is 5.99. The molecule has 7 heteroatoms. The van der Waals surface area contributed by atoms with Gasteiger partial charge in [0.15, 0.2) is 9.84 Å². The van der Waals surface area contributed by atoms with Crippen LogP contribution in [0.4, 0.5) is 4.39 Å². The minimum Gasteiger partial charge on any atom is -0.383 e. The zero-order valence-corrected chi connectivity index (χ0v) is 14.5. The molecule has 1 aliphatic carbocycles. The van der Waals surface area contributed by atoms with E-state index in [1.165, 1.54) is 43.5 Å². The fourth-order valence-electron chi connectivity index (χ4n) is 3.24. The molecule has 0 spiro atoms. The highest BCUT2D eigenvalue weighted by Crippen LogP contribution is 2.55. The smallest absolute Gasteiger partial charge is 0.183 e. The van der Waals surface area contributed by atoms with Gasteiger partial charge in [-0.2, -0.15) is 0 Å². The average Bonchev–Trinajstić information content (AvgIpc) is 3.15. The Bertz CT molecular complexity index is 839. The molecule has 24 heavy (non-hydrogen) atoms. The summed E-state index contributed by atoms with van der Waals surface area (Å²) in [5, 5.41) is -0.382. The second-order valence-corrected chi connectivity index (χ2v) is 8.50. The normalized spacial score (nSPS) is 26.3. The molecule has 2 aromatic carbocycles. The topological polar surface area (TPSA) is 69.4 Å². The standard InChI is InChI=1S/C17H17ClFNO3S/c1-23-10-17(20)15(11-2-6-13(19)7-3-11)16(17)24(21,22)14-8-4-12(18)5-9-14/h2-9,15-16H,10,20H2,1H3/t15-,16-,17-/m0/s1. The number of halogens is 2. The van der Waals surface area contributed by atoms with Crippen LogP contribution in [0, 0.1) is 5.82 Å². The number of sulfone groups is 1. The van der Waals surface area contributed by atoms with Crippen molar-refractivity contribution >= 4 is 21.4 Å². The Balaban J connectivity index is 2.01. The maximum Gasteiger partial charge on any atom is 0.183 e. The Morgan fingerprint density at radius 1 is 1.17 bits per heavy atom. The molecular formula is C17H17ClFNO3S. The molecule has 1 fully saturated rings. The lowest BCUT2D eigenvalue weighted by atomic mass is 10.1. The van der Waals surface area contributed by atoms with Gasteiger partial charge in [0.2, 0.25) is 0 Å². The van der Waals surface area contributed by atoms with Gasteiger partial charge < -0.3 is 10.5 Å². The summed E-state index contributed by atoms with van der Waals surface area (Å²) in [7, 11) is -2.20. The summed E-state index contributed by atoms with van der Waals surface area (Å²) < 4.78 is 44.3. The minimum absolute atomic E-state index is 0.0898. The van der Waals surface area contributed by atoms with E-state index in [0.29, 0.717) is 10.6 Å². The number of nitrogens with two attached hydrogens (primary N) is 1. The second kappa shape index (κ2) is 6.11. The van der Waals surface area contributed by atoms with Gasteiger partial charge in [-0.05, 0) is 42.0 Å². The first kappa shape index (κ1) is 17.4. The molecule has 2 N–H and O–H groups in total. The Morgan fingerprint density at radius 3 is 2.29 bits per heavy atom. The molecule has 0 amide bonds. The SMILES string of the molecule is COC[C@]1(N)[C@@H](c2ccc(F)cc2)[C@@H]1S(=O)(=O)c1ccc(Cl)cc1. The van der Waals surface area contributed by atoms with Gasteiger partial charge in [0.05, 0.1) is 22.3 Å². The number of benzene rings is 2. The first-order chi connectivity index (χ1) is 11.3. The minimum atomic E-state index is -3.68. The number of hydrogen-bond donors (Lipinski definition) is 1. The molecular weight excluding hydrogens is 353 g/mol. The van der Waals surface area contributed by atoms with E-state index < -0.39 is 26.5 Å². The van der Waals surface area contributed by atoms with Crippen LogP contribution in [0.3, 0.4) is 0 Å². The van der Waals surface area contributed by atoms with Crippen molar-refractivity contribution in [3.05, 3.63) is 64.9 Å². The Hall–Kier alpha value is -1.47. The van der Waals surface area contributed by atoms with Crippen LogP contribution in [0.25, 0.3) is 0 Å². The van der Waals surface area contributed by atoms with Gasteiger partial charge in [-0.3, -0.25) is 0 Å². The summed E-state index contributed by atoms with van der Waals surface area (Å²) in [6.07, 6.45) is 0. The van der Waals surface area contributed by atoms with Gasteiger partial charge in [-0.15, -0.1) is 0 Å². The lowest BCUT2D eigenvalue weighted by molar-refractivity contribution is 0.171. The van der Waals surface area contributed by atoms with Gasteiger partial charge in [0, 0.05) is 18.1 Å². The van der Waals surface area contributed by atoms with Crippen LogP contribution in [0.1, 0.15) is 11.5 Å². The lowest BCUT2D eigenvalue weighted by Gasteiger charge is -2.11. The highest BCUT2D eigenvalue weighted by atomic mass is 35.5. The zero-order chi connectivity index (χ0) is 17.5. The van der Waals surface area contributed by atoms with Crippen molar-refractivity contribution in [1.29, 1.82) is 0 Å². The number of ether oxygens (including phenoxy) is 1. The van der Waals surface area contributed by atoms with Crippen molar-refractivity contribution in [3.63, 3.8) is 0 Å². The monoisotopic (exact) mass is 369 g/mol. The third-order valence-corrected chi connectivity index (χ3v) is 6.96. The number of hydrogen-bond acceptors (Lipinski definition) is 4. The Morgan fingerprint density at radius 2 is 1.75 bits per heavy atom. The van der Waals surface area contributed by atoms with Crippen molar-refractivity contribution in [2.75, 3.05) is 13.7 Å². The molecule has 1 saturated carbocycles. The summed E-state index contributed by atoms with van der Waals surface area (Å²) in [5.41, 5.74) is 5.97. The van der Waals surface area contributed by atoms with E-state index in [1.54, 1.807) is 12.1 Å². The molecule has 128 valence electrons. The third-order valence-electron chi connectivity index (χ3n) is 4.40. The van der Waals surface area contributed by atoms with Gasteiger partial charge in [0.1, 0.15) is 5.82 Å². The van der Waals surface area contributed by atoms with E-state index in [4.69, 9.17) is 22.1 Å². The quantitative estimate of drug-likeness (QED) is 0.879. The van der Waals surface area contributed by atoms with Crippen molar-refractivity contribution in [3.8, 4) is 0 Å². The van der Waals surface area contributed by atoms with Crippen molar-refractivity contribution < 1.29 is 17.5 Å². The van der Waals surface area contributed by atoms with Crippen molar-refractivity contribution in [2.24, 2.45) is 5.73 Å². The lowest BCUT2D eigenvalue weighted by Crippen LogP contribution is -2.35. The first-order valence-corrected chi connectivity index (χ1v) is 9.26. The van der Waals surface area contributed by atoms with E-state index >= 15 is 0 Å². The van der Waals surface area contributed by atoms with Gasteiger partial charge >= 0.3 is 0 Å². The molecule has 0 heterocycles. The molecule has 1 aliphatic rings. The molecule has 3 rings (SSSR count). The molecule has 0 radical (unpaired) electrons. The summed E-state index contributed by atoms with van der Waals surface area (Å²) in [4.78, 5) is 0.160. The molecule has 2 aromatic rings. The molecule has 0 aliphatic heterocycles. The van der Waals surface area contributed by atoms with Crippen LogP contribution in [0.2, 0.25) is 5.02 Å². The fraction of sp³-hybridized carbons (Fsp3) is 0.294. The molecule has 0 bridgehead atoms. The van der Waals surface area contributed by atoms with Crippen LogP contribution in [0.15, 0.2) is 53.4 Å². The van der Waals surface area contributed by atoms with Gasteiger partial charge in [-0.1, -0.05) is 23.7 Å². The van der Waals surface area contributed by atoms with E-state index in [-0.39, 0.29) is 17.3 Å². The van der Waals surface area contributed by atoms with Crippen molar-refractivity contribution in [1.82, 2.24) is 0 Å². The van der Waals surface area contributed by atoms with E-state index in [9.17, 15) is 12.8 Å². The number of methoxy groups -OCH3 is 1. The van der Waals surface area contributed by atoms with E-state index in [0.717, 1.165) is 0 Å². The average molecular weight is 370 g/mol. The zero-order valence-electron chi connectivity index (χ0n) is 12.9. The Kier molecular flexibility index (Phi) is 4.42. The highest BCUT2D eigenvalue weighted by molar-refractivity contribution is 7.92.